The Hall–Kier alpha value is -2.50. The minimum atomic E-state index is -0.829. The molecule has 1 aromatic heterocycles. The maximum Gasteiger partial charge on any atom is 0.311 e. The van der Waals surface area contributed by atoms with Crippen molar-refractivity contribution < 1.29 is 19.4 Å². The average Bonchev–Trinajstić information content (AvgIpc) is 3.22. The van der Waals surface area contributed by atoms with Crippen LogP contribution in [0.5, 0.6) is 5.75 Å². The minimum Gasteiger partial charge on any atom is -0.497 e. The molecule has 1 heterocycles. The minimum absolute atomic E-state index is 0.170. The third-order valence-electron chi connectivity index (χ3n) is 4.26. The molecule has 0 unspecified atom stereocenters. The van der Waals surface area contributed by atoms with Crippen LogP contribution in [0.4, 0.5) is 0 Å². The number of aromatic nitrogens is 1. The molecule has 0 atom stereocenters. The second-order valence-electron chi connectivity index (χ2n) is 5.76. The van der Waals surface area contributed by atoms with E-state index in [1.54, 1.807) is 13.3 Å². The van der Waals surface area contributed by atoms with E-state index < -0.39 is 11.4 Å². The van der Waals surface area contributed by atoms with E-state index in [0.29, 0.717) is 12.8 Å². The van der Waals surface area contributed by atoms with Gasteiger partial charge in [0.05, 0.1) is 18.9 Å². The number of hydrogen-bond donors (Lipinski definition) is 3. The van der Waals surface area contributed by atoms with Crippen molar-refractivity contribution in [2.24, 2.45) is 5.41 Å². The molecule has 3 rings (SSSR count). The van der Waals surface area contributed by atoms with Gasteiger partial charge in [0.15, 0.2) is 0 Å². The van der Waals surface area contributed by atoms with Crippen LogP contribution < -0.4 is 10.1 Å². The van der Waals surface area contributed by atoms with Gasteiger partial charge in [-0.05, 0) is 36.6 Å². The van der Waals surface area contributed by atoms with Crippen molar-refractivity contribution >= 4 is 22.8 Å². The van der Waals surface area contributed by atoms with E-state index in [2.05, 4.69) is 10.3 Å². The molecule has 0 spiro atoms. The highest BCUT2D eigenvalue weighted by molar-refractivity contribution is 5.90. The van der Waals surface area contributed by atoms with Crippen LogP contribution in [0.25, 0.3) is 10.9 Å². The lowest BCUT2D eigenvalue weighted by molar-refractivity contribution is -0.143. The predicted molar refractivity (Wildman–Crippen MR) is 80.9 cm³/mol. The third-order valence-corrected chi connectivity index (χ3v) is 4.26. The van der Waals surface area contributed by atoms with Crippen molar-refractivity contribution in [2.45, 2.75) is 19.3 Å². The highest BCUT2D eigenvalue weighted by Crippen LogP contribution is 2.45. The summed E-state index contributed by atoms with van der Waals surface area (Å²) in [5.41, 5.74) is 1.07. The SMILES string of the molecule is COc1ccc2[nH]cc(CC(=O)NCC3(C(=O)O)CC3)c2c1. The van der Waals surface area contributed by atoms with E-state index in [4.69, 9.17) is 9.84 Å². The van der Waals surface area contributed by atoms with Crippen LogP contribution in [0, 0.1) is 5.41 Å². The normalized spacial score (nSPS) is 15.5. The number of aromatic amines is 1. The number of benzene rings is 1. The van der Waals surface area contributed by atoms with Gasteiger partial charge in [0.25, 0.3) is 0 Å². The number of carboxylic acid groups (broad SMARTS) is 1. The van der Waals surface area contributed by atoms with Crippen LogP contribution in [-0.2, 0) is 16.0 Å². The highest BCUT2D eigenvalue weighted by Gasteiger charge is 2.50. The van der Waals surface area contributed by atoms with E-state index in [9.17, 15) is 9.59 Å². The summed E-state index contributed by atoms with van der Waals surface area (Å²) in [4.78, 5) is 26.3. The van der Waals surface area contributed by atoms with Gasteiger partial charge in [-0.25, -0.2) is 0 Å². The van der Waals surface area contributed by atoms with Crippen LogP contribution in [-0.4, -0.2) is 35.6 Å². The number of H-pyrrole nitrogens is 1. The molecule has 1 aromatic carbocycles. The number of fused-ring (bicyclic) bond motifs is 1. The smallest absolute Gasteiger partial charge is 0.311 e. The highest BCUT2D eigenvalue weighted by atomic mass is 16.5. The van der Waals surface area contributed by atoms with Crippen LogP contribution in [0.2, 0.25) is 0 Å². The molecule has 0 saturated heterocycles. The number of aliphatic carboxylic acids is 1. The summed E-state index contributed by atoms with van der Waals surface area (Å²) in [6, 6.07) is 5.64. The summed E-state index contributed by atoms with van der Waals surface area (Å²) in [5, 5.41) is 12.8. The Labute approximate surface area is 127 Å². The van der Waals surface area contributed by atoms with E-state index in [-0.39, 0.29) is 18.9 Å². The van der Waals surface area contributed by atoms with Crippen LogP contribution >= 0.6 is 0 Å². The number of ether oxygens (including phenoxy) is 1. The van der Waals surface area contributed by atoms with Gasteiger partial charge in [-0.3, -0.25) is 9.59 Å². The topological polar surface area (TPSA) is 91.4 Å². The molecule has 6 nitrogen and oxygen atoms in total. The molecule has 6 heteroatoms. The molecule has 116 valence electrons. The summed E-state index contributed by atoms with van der Waals surface area (Å²) in [6.45, 7) is 0.201. The Bertz CT molecular complexity index is 731. The quantitative estimate of drug-likeness (QED) is 0.757. The molecular weight excluding hydrogens is 284 g/mol. The second-order valence-corrected chi connectivity index (χ2v) is 5.76. The molecule has 0 radical (unpaired) electrons. The lowest BCUT2D eigenvalue weighted by Crippen LogP contribution is -2.35. The summed E-state index contributed by atoms with van der Waals surface area (Å²) >= 11 is 0. The third kappa shape index (κ3) is 2.64. The zero-order chi connectivity index (χ0) is 15.7. The van der Waals surface area contributed by atoms with Crippen molar-refractivity contribution in [3.05, 3.63) is 30.0 Å². The molecule has 3 N–H and O–H groups in total. The van der Waals surface area contributed by atoms with Gasteiger partial charge in [0.1, 0.15) is 5.75 Å². The second kappa shape index (κ2) is 5.36. The number of hydrogen-bond acceptors (Lipinski definition) is 3. The number of methoxy groups -OCH3 is 1. The average molecular weight is 302 g/mol. The number of carbonyl (C=O) groups is 2. The Morgan fingerprint density at radius 2 is 2.18 bits per heavy atom. The number of amides is 1. The first-order valence-corrected chi connectivity index (χ1v) is 7.18. The molecule has 1 fully saturated rings. The molecule has 22 heavy (non-hydrogen) atoms. The molecule has 1 aliphatic carbocycles. The standard InChI is InChI=1S/C16H18N2O4/c1-22-11-2-3-13-12(7-11)10(8-17-13)6-14(19)18-9-16(4-5-16)15(20)21/h2-3,7-8,17H,4-6,9H2,1H3,(H,18,19)(H,20,21). The van der Waals surface area contributed by atoms with Gasteiger partial charge in [-0.1, -0.05) is 0 Å². The van der Waals surface area contributed by atoms with Crippen molar-refractivity contribution in [3.63, 3.8) is 0 Å². The maximum absolute atomic E-state index is 12.1. The van der Waals surface area contributed by atoms with Crippen LogP contribution in [0.1, 0.15) is 18.4 Å². The van der Waals surface area contributed by atoms with Gasteiger partial charge in [0, 0.05) is 23.6 Å². The first kappa shape index (κ1) is 14.4. The van der Waals surface area contributed by atoms with E-state index >= 15 is 0 Å². The lowest BCUT2D eigenvalue weighted by atomic mass is 10.1. The van der Waals surface area contributed by atoms with E-state index in [1.165, 1.54) is 0 Å². The van der Waals surface area contributed by atoms with Gasteiger partial charge < -0.3 is 20.1 Å². The Kier molecular flexibility index (Phi) is 3.52. The number of rotatable bonds is 6. The fourth-order valence-electron chi connectivity index (χ4n) is 2.55. The maximum atomic E-state index is 12.1. The Morgan fingerprint density at radius 3 is 2.82 bits per heavy atom. The van der Waals surface area contributed by atoms with Crippen molar-refractivity contribution in [1.29, 1.82) is 0 Å². The van der Waals surface area contributed by atoms with E-state index in [1.807, 2.05) is 18.2 Å². The first-order chi connectivity index (χ1) is 10.5. The fourth-order valence-corrected chi connectivity index (χ4v) is 2.55. The fraction of sp³-hybridized carbons (Fsp3) is 0.375. The zero-order valence-electron chi connectivity index (χ0n) is 12.3. The number of nitrogens with one attached hydrogen (secondary N) is 2. The van der Waals surface area contributed by atoms with E-state index in [0.717, 1.165) is 22.2 Å². The van der Waals surface area contributed by atoms with Gasteiger partial charge in [0.2, 0.25) is 5.91 Å². The Morgan fingerprint density at radius 1 is 1.41 bits per heavy atom. The molecule has 0 bridgehead atoms. The largest absolute Gasteiger partial charge is 0.497 e. The van der Waals surface area contributed by atoms with Crippen molar-refractivity contribution in [3.8, 4) is 5.75 Å². The monoisotopic (exact) mass is 302 g/mol. The first-order valence-electron chi connectivity index (χ1n) is 7.18. The number of carbonyl (C=O) groups excluding carboxylic acids is 1. The van der Waals surface area contributed by atoms with Crippen LogP contribution in [0.3, 0.4) is 0 Å². The molecule has 1 saturated carbocycles. The van der Waals surface area contributed by atoms with Gasteiger partial charge >= 0.3 is 5.97 Å². The Balaban J connectivity index is 1.68. The van der Waals surface area contributed by atoms with Gasteiger partial charge in [-0.2, -0.15) is 0 Å². The summed E-state index contributed by atoms with van der Waals surface area (Å²) in [6.07, 6.45) is 3.27. The van der Waals surface area contributed by atoms with Crippen molar-refractivity contribution in [2.75, 3.05) is 13.7 Å². The molecule has 2 aromatic rings. The summed E-state index contributed by atoms with van der Waals surface area (Å²) in [7, 11) is 1.60. The zero-order valence-corrected chi connectivity index (χ0v) is 12.3. The molecular formula is C16H18N2O4. The van der Waals surface area contributed by atoms with Crippen LogP contribution in [0.15, 0.2) is 24.4 Å². The summed E-state index contributed by atoms with van der Waals surface area (Å²) < 4.78 is 5.20. The molecule has 0 aliphatic heterocycles. The summed E-state index contributed by atoms with van der Waals surface area (Å²) in [5.74, 6) is -0.266. The molecule has 1 amide bonds. The van der Waals surface area contributed by atoms with Crippen molar-refractivity contribution in [1.82, 2.24) is 10.3 Å². The predicted octanol–water partition coefficient (Wildman–Crippen LogP) is 1.70. The lowest BCUT2D eigenvalue weighted by Gasteiger charge is -2.10. The number of carboxylic acids is 1. The van der Waals surface area contributed by atoms with Gasteiger partial charge in [-0.15, -0.1) is 0 Å². The molecule has 1 aliphatic rings.